The molecular formula is C126H74N14O8. The molecule has 8 heterocycles. The molecule has 0 radical (unpaired) electrons. The van der Waals surface area contributed by atoms with E-state index in [4.69, 9.17) is 26.3 Å². The molecule has 696 valence electrons. The van der Waals surface area contributed by atoms with Gasteiger partial charge in [-0.25, -0.2) is 19.4 Å². The minimum absolute atomic E-state index is 0.282. The van der Waals surface area contributed by atoms with Crippen molar-refractivity contribution in [2.24, 2.45) is 0 Å². The highest BCUT2D eigenvalue weighted by Crippen LogP contribution is 2.48. The molecule has 0 saturated carbocycles. The Hall–Kier alpha value is -21.3. The Morgan fingerprint density at radius 1 is 0.196 bits per heavy atom. The van der Waals surface area contributed by atoms with Gasteiger partial charge in [-0.1, -0.05) is 249 Å². The normalized spacial score (nSPS) is 12.7. The van der Waals surface area contributed by atoms with Gasteiger partial charge in [0.25, 0.3) is 47.3 Å². The van der Waals surface area contributed by atoms with E-state index < -0.39 is 0 Å². The van der Waals surface area contributed by atoms with Gasteiger partial charge in [0.05, 0.1) is 161 Å². The SMILES string of the molecule is [C-]#[N+]c1ccccc1-c1ccc2c(c1)c1cc(-c3ccccc3C#N)ccc1n2-c1cccc2c1C(=O)N(C)C2=O.[C-]#[N+]c1ccccc1-c1ccc2c(c1)c1ccccc1n2-c1cccc2c1C(=O)N(C)C2=O.[C-]#[N+]c1ccccc1-c1ccc2c3ccc(-c4ccccc4C#N)cc3n(-c3cccc4c3C(=O)N(C)C4=O)c2c1.[C-]#[N+]c1ccccc1-c1ccc2c3ccccc3n(-c3cccc4c3C(=O)N(C)C4=O)c2c1. The third kappa shape index (κ3) is 14.3. The molecule has 0 spiro atoms. The van der Waals surface area contributed by atoms with Crippen LogP contribution in [0.2, 0.25) is 0 Å². The third-order valence-corrected chi connectivity index (χ3v) is 28.3. The molecule has 22 nitrogen and oxygen atoms in total. The number of carbonyl (C=O) groups excluding carboxylic acids is 8. The molecule has 8 amide bonds. The number of rotatable bonds is 10. The highest BCUT2D eigenvalue weighted by molar-refractivity contribution is 6.28. The molecule has 0 atom stereocenters. The van der Waals surface area contributed by atoms with Crippen LogP contribution in [0.4, 0.5) is 22.7 Å². The third-order valence-electron chi connectivity index (χ3n) is 28.3. The fourth-order valence-electron chi connectivity index (χ4n) is 21.2. The van der Waals surface area contributed by atoms with E-state index in [1.165, 1.54) is 38.0 Å². The average molecular weight is 1910 g/mol. The number of imide groups is 4. The molecule has 4 aromatic heterocycles. The molecule has 4 aliphatic heterocycles. The van der Waals surface area contributed by atoms with Crippen LogP contribution < -0.4 is 0 Å². The molecule has 18 aromatic carbocycles. The summed E-state index contributed by atoms with van der Waals surface area (Å²) in [4.78, 5) is 123. The Bertz CT molecular complexity index is 9780. The molecule has 26 rings (SSSR count). The maximum atomic E-state index is 13.4. The molecular weight excluding hydrogens is 1840 g/mol. The quantitative estimate of drug-likeness (QED) is 0.0927. The zero-order chi connectivity index (χ0) is 102. The summed E-state index contributed by atoms with van der Waals surface area (Å²) in [6.07, 6.45) is 0. The minimum atomic E-state index is -0.351. The van der Waals surface area contributed by atoms with E-state index >= 15 is 0 Å². The van der Waals surface area contributed by atoms with Crippen LogP contribution in [0, 0.1) is 49.0 Å². The average Bonchev–Trinajstić information content (AvgIpc) is 1.57. The van der Waals surface area contributed by atoms with Gasteiger partial charge in [-0.15, -0.1) is 0 Å². The first-order valence-electron chi connectivity index (χ1n) is 47.2. The minimum Gasteiger partial charge on any atom is -0.308 e. The number of nitriles is 2. The Morgan fingerprint density at radius 3 is 0.709 bits per heavy atom. The Labute approximate surface area is 845 Å². The maximum Gasteiger partial charge on any atom is 0.263 e. The van der Waals surface area contributed by atoms with Crippen molar-refractivity contribution in [1.82, 2.24) is 37.9 Å². The number of carbonyl (C=O) groups is 8. The van der Waals surface area contributed by atoms with E-state index in [2.05, 4.69) is 83.1 Å². The lowest BCUT2D eigenvalue weighted by molar-refractivity contribution is 0.0678. The number of nitrogens with zero attached hydrogens (tertiary/aromatic N) is 14. The monoisotopic (exact) mass is 1910 g/mol. The first-order valence-corrected chi connectivity index (χ1v) is 47.2. The Kier molecular flexibility index (Phi) is 22.1. The Balaban J connectivity index is 0.000000109. The zero-order valence-corrected chi connectivity index (χ0v) is 79.3. The lowest BCUT2D eigenvalue weighted by Crippen LogP contribution is -2.24. The fraction of sp³-hybridized carbons (Fsp3) is 0.0317. The smallest absolute Gasteiger partial charge is 0.263 e. The summed E-state index contributed by atoms with van der Waals surface area (Å²) >= 11 is 0. The molecule has 0 fully saturated rings. The van der Waals surface area contributed by atoms with E-state index in [0.717, 1.165) is 164 Å². The highest BCUT2D eigenvalue weighted by atomic mass is 16.2. The van der Waals surface area contributed by atoms with Crippen molar-refractivity contribution in [2.45, 2.75) is 0 Å². The summed E-state index contributed by atoms with van der Waals surface area (Å²) in [6, 6.07) is 124. The van der Waals surface area contributed by atoms with Crippen molar-refractivity contribution in [3.05, 3.63) is 477 Å². The Morgan fingerprint density at radius 2 is 0.405 bits per heavy atom. The predicted octanol–water partition coefficient (Wildman–Crippen LogP) is 28.0. The van der Waals surface area contributed by atoms with Crippen LogP contribution in [-0.2, 0) is 0 Å². The summed E-state index contributed by atoms with van der Waals surface area (Å²) in [7, 11) is 6.03. The van der Waals surface area contributed by atoms with Crippen LogP contribution in [0.3, 0.4) is 0 Å². The van der Waals surface area contributed by atoms with Gasteiger partial charge < -0.3 is 18.3 Å². The molecule has 22 aromatic rings. The zero-order valence-electron chi connectivity index (χ0n) is 79.3. The van der Waals surface area contributed by atoms with Gasteiger partial charge in [-0.05, 0) is 194 Å². The van der Waals surface area contributed by atoms with Crippen LogP contribution >= 0.6 is 0 Å². The molecule has 148 heavy (non-hydrogen) atoms. The van der Waals surface area contributed by atoms with Crippen LogP contribution in [0.25, 0.3) is 196 Å². The summed E-state index contributed by atoms with van der Waals surface area (Å²) in [6.45, 7) is 30.4. The number of benzene rings is 18. The van der Waals surface area contributed by atoms with E-state index in [1.54, 1.807) is 60.7 Å². The van der Waals surface area contributed by atoms with Crippen molar-refractivity contribution >= 4 is 157 Å². The lowest BCUT2D eigenvalue weighted by atomic mass is 9.97. The van der Waals surface area contributed by atoms with Gasteiger partial charge >= 0.3 is 0 Å². The molecule has 0 unspecified atom stereocenters. The largest absolute Gasteiger partial charge is 0.308 e. The van der Waals surface area contributed by atoms with Crippen molar-refractivity contribution in [2.75, 3.05) is 28.2 Å². The summed E-state index contributed by atoms with van der Waals surface area (Å²) in [5.74, 6) is -2.50. The molecule has 0 N–H and O–H groups in total. The molecule has 0 aliphatic carbocycles. The van der Waals surface area contributed by atoms with E-state index in [0.29, 0.717) is 101 Å². The lowest BCUT2D eigenvalue weighted by Gasteiger charge is -2.13. The van der Waals surface area contributed by atoms with Crippen LogP contribution in [-0.4, -0.2) is 113 Å². The molecule has 4 aliphatic rings. The summed E-state index contributed by atoms with van der Waals surface area (Å²) in [5.41, 5.74) is 26.8. The highest BCUT2D eigenvalue weighted by Gasteiger charge is 2.41. The number of para-hydroxylation sites is 6. The van der Waals surface area contributed by atoms with Crippen molar-refractivity contribution in [3.8, 4) is 102 Å². The van der Waals surface area contributed by atoms with E-state index in [1.807, 2.05) is 282 Å². The van der Waals surface area contributed by atoms with Crippen molar-refractivity contribution < 1.29 is 38.4 Å². The maximum absolute atomic E-state index is 13.4. The van der Waals surface area contributed by atoms with Gasteiger partial charge in [0.2, 0.25) is 0 Å². The van der Waals surface area contributed by atoms with Crippen LogP contribution in [0.15, 0.2) is 376 Å². The van der Waals surface area contributed by atoms with E-state index in [-0.39, 0.29) is 47.3 Å². The van der Waals surface area contributed by atoms with Gasteiger partial charge in [0.1, 0.15) is 0 Å². The van der Waals surface area contributed by atoms with Crippen LogP contribution in [0.5, 0.6) is 0 Å². The van der Waals surface area contributed by atoms with Gasteiger partial charge in [0.15, 0.2) is 22.7 Å². The molecule has 22 heteroatoms. The standard InChI is InChI=1S/2C35H20N4O2.2C28H17N3O2/c1-37-29-12-6-5-10-25(29)22-15-17-27-26-16-14-21(24-9-4-3-8-23(24)20-36)18-31(26)39(32(27)19-22)30-13-7-11-28-33(30)35(41)38(2)34(28)40;1-37-29-12-6-5-10-25(29)22-15-17-31-28(19-22)27-18-21(24-9-4-3-8-23(24)20-36)14-16-30(27)39(31)32-13-7-11-26-33(32)35(41)38(2)34(26)40;1-29-22-11-5-3-8-18(22)17-14-15-20-19-9-4-6-12-23(19)31(25(20)16-17)24-13-7-10-21-26(24)28(33)30(2)27(21)32;1-29-22-11-5-3-8-18(22)17-14-15-24-21(16-17)19-9-4-6-12-23(19)31(24)25-13-7-10-20-26(25)28(33)30(2)27(20)32/h2*3-19H,2H3;2*3-16H,2H3. The van der Waals surface area contributed by atoms with Crippen LogP contribution in [0.1, 0.15) is 94.0 Å². The first kappa shape index (κ1) is 90.5. The second-order valence-corrected chi connectivity index (χ2v) is 36.1. The second kappa shape index (κ2) is 36.1. The predicted molar refractivity (Wildman–Crippen MR) is 576 cm³/mol. The summed E-state index contributed by atoms with van der Waals surface area (Å²) < 4.78 is 8.16. The van der Waals surface area contributed by atoms with Crippen molar-refractivity contribution in [1.29, 1.82) is 10.5 Å². The van der Waals surface area contributed by atoms with Crippen molar-refractivity contribution in [3.63, 3.8) is 0 Å². The number of aromatic nitrogens is 4. The number of hydrogen-bond acceptors (Lipinski definition) is 10. The summed E-state index contributed by atoms with van der Waals surface area (Å²) in [5, 5.41) is 27.4. The topological polar surface area (TPSA) is 234 Å². The molecule has 0 bridgehead atoms. The molecule has 0 saturated heterocycles. The number of amides is 8. The first-order chi connectivity index (χ1) is 72.2. The number of fused-ring (bicyclic) bond motifs is 16. The van der Waals surface area contributed by atoms with Gasteiger partial charge in [-0.3, -0.25) is 58.0 Å². The number of hydrogen-bond donors (Lipinski definition) is 0. The van der Waals surface area contributed by atoms with Gasteiger partial charge in [-0.2, -0.15) is 10.5 Å². The fourth-order valence-corrected chi connectivity index (χ4v) is 21.2. The second-order valence-electron chi connectivity index (χ2n) is 36.1. The van der Waals surface area contributed by atoms with E-state index in [9.17, 15) is 48.9 Å². The van der Waals surface area contributed by atoms with Gasteiger partial charge in [0, 0.05) is 71.3 Å².